The standard InChI is InChI=1S/C14H22N4S/c1-4-8-15-11(2)10-12(3)19-14-17-16-13-7-5-6-9-18(13)14/h5-7,9,11-12,15H,4,8,10H2,1-3H3. The second-order valence-corrected chi connectivity index (χ2v) is 6.34. The van der Waals surface area contributed by atoms with Crippen molar-refractivity contribution in [3.63, 3.8) is 0 Å². The van der Waals surface area contributed by atoms with E-state index in [0.29, 0.717) is 11.3 Å². The highest BCUT2D eigenvalue weighted by atomic mass is 32.2. The van der Waals surface area contributed by atoms with Gasteiger partial charge < -0.3 is 5.32 Å². The first-order valence-corrected chi connectivity index (χ1v) is 7.78. The van der Waals surface area contributed by atoms with Gasteiger partial charge in [-0.25, -0.2) is 0 Å². The van der Waals surface area contributed by atoms with Crippen LogP contribution in [0.15, 0.2) is 29.6 Å². The summed E-state index contributed by atoms with van der Waals surface area (Å²) in [7, 11) is 0. The summed E-state index contributed by atoms with van der Waals surface area (Å²) in [6, 6.07) is 6.52. The Balaban J connectivity index is 1.93. The van der Waals surface area contributed by atoms with E-state index in [9.17, 15) is 0 Å². The number of rotatable bonds is 7. The van der Waals surface area contributed by atoms with Crippen LogP contribution in [0.1, 0.15) is 33.6 Å². The van der Waals surface area contributed by atoms with Crippen LogP contribution in [-0.2, 0) is 0 Å². The summed E-state index contributed by atoms with van der Waals surface area (Å²) in [4.78, 5) is 0. The smallest absolute Gasteiger partial charge is 0.195 e. The summed E-state index contributed by atoms with van der Waals surface area (Å²) in [5.41, 5.74) is 0.911. The molecule has 5 heteroatoms. The molecule has 2 heterocycles. The fourth-order valence-corrected chi connectivity index (χ4v) is 3.20. The number of aromatic nitrogens is 3. The highest BCUT2D eigenvalue weighted by Gasteiger charge is 2.13. The molecule has 0 aromatic carbocycles. The van der Waals surface area contributed by atoms with Crippen molar-refractivity contribution in [2.24, 2.45) is 0 Å². The van der Waals surface area contributed by atoms with E-state index in [0.717, 1.165) is 23.8 Å². The van der Waals surface area contributed by atoms with Crippen LogP contribution in [0.2, 0.25) is 0 Å². The lowest BCUT2D eigenvalue weighted by Crippen LogP contribution is -2.29. The lowest BCUT2D eigenvalue weighted by molar-refractivity contribution is 0.513. The Kier molecular flexibility index (Phi) is 5.22. The van der Waals surface area contributed by atoms with Crippen LogP contribution in [0.5, 0.6) is 0 Å². The summed E-state index contributed by atoms with van der Waals surface area (Å²) >= 11 is 1.79. The van der Waals surface area contributed by atoms with Crippen LogP contribution in [-0.4, -0.2) is 32.4 Å². The molecule has 2 atom stereocenters. The Morgan fingerprint density at radius 1 is 1.32 bits per heavy atom. The zero-order valence-corrected chi connectivity index (χ0v) is 12.7. The van der Waals surface area contributed by atoms with Crippen molar-refractivity contribution >= 4 is 17.4 Å². The molecule has 1 N–H and O–H groups in total. The summed E-state index contributed by atoms with van der Waals surface area (Å²) < 4.78 is 2.05. The van der Waals surface area contributed by atoms with E-state index in [4.69, 9.17) is 0 Å². The van der Waals surface area contributed by atoms with E-state index < -0.39 is 0 Å². The van der Waals surface area contributed by atoms with E-state index in [1.165, 1.54) is 6.42 Å². The van der Waals surface area contributed by atoms with Gasteiger partial charge in [0.2, 0.25) is 0 Å². The largest absolute Gasteiger partial charge is 0.314 e. The number of hydrogen-bond donors (Lipinski definition) is 1. The first-order chi connectivity index (χ1) is 9.20. The topological polar surface area (TPSA) is 42.2 Å². The van der Waals surface area contributed by atoms with Gasteiger partial charge in [-0.2, -0.15) is 0 Å². The minimum atomic E-state index is 0.520. The fraction of sp³-hybridized carbons (Fsp3) is 0.571. The number of nitrogens with zero attached hydrogens (tertiary/aromatic N) is 3. The molecule has 0 aliphatic rings. The predicted molar refractivity (Wildman–Crippen MR) is 80.7 cm³/mol. The van der Waals surface area contributed by atoms with Crippen LogP contribution < -0.4 is 5.32 Å². The molecule has 2 aromatic heterocycles. The molecule has 104 valence electrons. The number of hydrogen-bond acceptors (Lipinski definition) is 4. The van der Waals surface area contributed by atoms with Gasteiger partial charge in [-0.3, -0.25) is 4.40 Å². The Bertz CT molecular complexity index is 511. The van der Waals surface area contributed by atoms with Gasteiger partial charge >= 0.3 is 0 Å². The molecule has 0 spiro atoms. The van der Waals surface area contributed by atoms with Gasteiger partial charge in [0.25, 0.3) is 0 Å². The summed E-state index contributed by atoms with van der Waals surface area (Å²) in [6.07, 6.45) is 4.33. The molecule has 0 saturated heterocycles. The maximum absolute atomic E-state index is 4.26. The summed E-state index contributed by atoms with van der Waals surface area (Å²) in [6.45, 7) is 7.78. The Labute approximate surface area is 119 Å². The third-order valence-corrected chi connectivity index (χ3v) is 4.10. The molecule has 0 aliphatic carbocycles. The van der Waals surface area contributed by atoms with E-state index in [-0.39, 0.29) is 0 Å². The van der Waals surface area contributed by atoms with Gasteiger partial charge in [0.1, 0.15) is 0 Å². The van der Waals surface area contributed by atoms with Crippen molar-refractivity contribution in [3.8, 4) is 0 Å². The van der Waals surface area contributed by atoms with Crippen molar-refractivity contribution in [2.45, 2.75) is 50.1 Å². The molecule has 0 amide bonds. The van der Waals surface area contributed by atoms with Gasteiger partial charge in [0, 0.05) is 17.5 Å². The fourth-order valence-electron chi connectivity index (χ4n) is 2.10. The number of thioether (sulfide) groups is 1. The molecular weight excluding hydrogens is 256 g/mol. The third-order valence-electron chi connectivity index (χ3n) is 3.02. The van der Waals surface area contributed by atoms with Crippen molar-refractivity contribution in [3.05, 3.63) is 24.4 Å². The average molecular weight is 278 g/mol. The Morgan fingerprint density at radius 2 is 2.16 bits per heavy atom. The maximum atomic E-state index is 4.26. The Hall–Kier alpha value is -1.07. The van der Waals surface area contributed by atoms with Crippen molar-refractivity contribution in [1.82, 2.24) is 19.9 Å². The van der Waals surface area contributed by atoms with Crippen LogP contribution in [0.3, 0.4) is 0 Å². The first-order valence-electron chi connectivity index (χ1n) is 6.90. The van der Waals surface area contributed by atoms with E-state index in [1.54, 1.807) is 11.8 Å². The van der Waals surface area contributed by atoms with Gasteiger partial charge in [-0.1, -0.05) is 31.7 Å². The zero-order valence-electron chi connectivity index (χ0n) is 11.8. The number of nitrogens with one attached hydrogen (secondary N) is 1. The monoisotopic (exact) mass is 278 g/mol. The molecule has 2 rings (SSSR count). The van der Waals surface area contributed by atoms with Crippen LogP contribution in [0.4, 0.5) is 0 Å². The van der Waals surface area contributed by atoms with Crippen molar-refractivity contribution < 1.29 is 0 Å². The molecule has 0 bridgehead atoms. The zero-order chi connectivity index (χ0) is 13.7. The minimum Gasteiger partial charge on any atom is -0.314 e. The quantitative estimate of drug-likeness (QED) is 0.791. The van der Waals surface area contributed by atoms with Crippen molar-refractivity contribution in [2.75, 3.05) is 6.54 Å². The number of pyridine rings is 1. The second-order valence-electron chi connectivity index (χ2n) is 4.93. The molecule has 4 nitrogen and oxygen atoms in total. The maximum Gasteiger partial charge on any atom is 0.195 e. The highest BCUT2D eigenvalue weighted by Crippen LogP contribution is 2.24. The molecule has 0 radical (unpaired) electrons. The van der Waals surface area contributed by atoms with Crippen LogP contribution in [0.25, 0.3) is 5.65 Å². The number of fused-ring (bicyclic) bond motifs is 1. The first kappa shape index (κ1) is 14.3. The van der Waals surface area contributed by atoms with Gasteiger partial charge in [-0.15, -0.1) is 10.2 Å². The SMILES string of the molecule is CCCNC(C)CC(C)Sc1nnc2ccccn12. The van der Waals surface area contributed by atoms with Gasteiger partial charge in [-0.05, 0) is 38.4 Å². The molecular formula is C14H22N4S. The van der Waals surface area contributed by atoms with Crippen LogP contribution in [0, 0.1) is 0 Å². The molecule has 19 heavy (non-hydrogen) atoms. The van der Waals surface area contributed by atoms with Crippen LogP contribution >= 0.6 is 11.8 Å². The van der Waals surface area contributed by atoms with E-state index in [1.807, 2.05) is 28.8 Å². The highest BCUT2D eigenvalue weighted by molar-refractivity contribution is 7.99. The molecule has 2 aromatic rings. The summed E-state index contributed by atoms with van der Waals surface area (Å²) in [5, 5.41) is 13.5. The van der Waals surface area contributed by atoms with Gasteiger partial charge in [0.05, 0.1) is 0 Å². The lowest BCUT2D eigenvalue weighted by Gasteiger charge is -2.17. The van der Waals surface area contributed by atoms with Gasteiger partial charge in [0.15, 0.2) is 10.8 Å². The predicted octanol–water partition coefficient (Wildman–Crippen LogP) is 2.99. The lowest BCUT2D eigenvalue weighted by atomic mass is 10.2. The third kappa shape index (κ3) is 3.94. The van der Waals surface area contributed by atoms with E-state index in [2.05, 4.69) is 36.3 Å². The Morgan fingerprint density at radius 3 is 2.95 bits per heavy atom. The molecule has 2 unspecified atom stereocenters. The second kappa shape index (κ2) is 6.91. The molecule has 0 fully saturated rings. The molecule has 0 aliphatic heterocycles. The summed E-state index contributed by atoms with van der Waals surface area (Å²) in [5.74, 6) is 0. The molecule has 0 saturated carbocycles. The van der Waals surface area contributed by atoms with E-state index >= 15 is 0 Å². The minimum absolute atomic E-state index is 0.520. The van der Waals surface area contributed by atoms with Crippen molar-refractivity contribution in [1.29, 1.82) is 0 Å². The normalized spacial score (nSPS) is 14.7. The average Bonchev–Trinajstić information content (AvgIpc) is 2.80.